The summed E-state index contributed by atoms with van der Waals surface area (Å²) in [7, 11) is 0. The van der Waals surface area contributed by atoms with E-state index in [1.54, 1.807) is 36.7 Å². The zero-order chi connectivity index (χ0) is 19.5. The van der Waals surface area contributed by atoms with Crippen molar-refractivity contribution in [1.82, 2.24) is 15.1 Å². The van der Waals surface area contributed by atoms with Gasteiger partial charge in [0.15, 0.2) is 0 Å². The molecular formula is C20H21FN6O. The first-order valence-corrected chi connectivity index (χ1v) is 9.18. The van der Waals surface area contributed by atoms with Crippen LogP contribution < -0.4 is 16.6 Å². The maximum atomic E-state index is 14.3. The Labute approximate surface area is 161 Å². The summed E-state index contributed by atoms with van der Waals surface area (Å²) in [4.78, 5) is 8.45. The van der Waals surface area contributed by atoms with Crippen molar-refractivity contribution in [3.63, 3.8) is 0 Å². The van der Waals surface area contributed by atoms with E-state index in [1.165, 1.54) is 11.1 Å². The number of hydrogen-bond acceptors (Lipinski definition) is 7. The molecule has 4 N–H and O–H groups in total. The van der Waals surface area contributed by atoms with E-state index in [0.29, 0.717) is 17.1 Å². The SMILES string of the molecule is N/C(=C(/C1CCCC1)N(N)c1ccccc1F)c1nc(-c2cccnc2)no1. The lowest BCUT2D eigenvalue weighted by atomic mass is 10.0. The minimum absolute atomic E-state index is 0.0957. The van der Waals surface area contributed by atoms with Crippen molar-refractivity contribution < 1.29 is 8.91 Å². The number of nitrogens with two attached hydrogens (primary N) is 2. The number of aromatic nitrogens is 3. The summed E-state index contributed by atoms with van der Waals surface area (Å²) in [6.07, 6.45) is 7.27. The Balaban J connectivity index is 1.76. The number of benzene rings is 1. The van der Waals surface area contributed by atoms with E-state index < -0.39 is 5.82 Å². The molecule has 0 bridgehead atoms. The van der Waals surface area contributed by atoms with Crippen LogP contribution in [0.1, 0.15) is 31.6 Å². The number of nitrogens with zero attached hydrogens (tertiary/aromatic N) is 4. The molecule has 4 rings (SSSR count). The topological polar surface area (TPSA) is 107 Å². The van der Waals surface area contributed by atoms with Crippen molar-refractivity contribution >= 4 is 11.4 Å². The van der Waals surface area contributed by atoms with Crippen molar-refractivity contribution in [2.75, 3.05) is 5.01 Å². The van der Waals surface area contributed by atoms with Gasteiger partial charge in [0.1, 0.15) is 11.5 Å². The molecule has 0 amide bonds. The fourth-order valence-electron chi connectivity index (χ4n) is 3.58. The highest BCUT2D eigenvalue weighted by atomic mass is 19.1. The molecule has 3 aromatic rings. The van der Waals surface area contributed by atoms with Crippen molar-refractivity contribution in [3.8, 4) is 11.4 Å². The van der Waals surface area contributed by atoms with E-state index in [1.807, 2.05) is 6.07 Å². The maximum Gasteiger partial charge on any atom is 0.275 e. The Morgan fingerprint density at radius 1 is 1.14 bits per heavy atom. The van der Waals surface area contributed by atoms with E-state index >= 15 is 0 Å². The van der Waals surface area contributed by atoms with Gasteiger partial charge in [-0.25, -0.2) is 10.2 Å². The van der Waals surface area contributed by atoms with Gasteiger partial charge in [-0.3, -0.25) is 9.99 Å². The van der Waals surface area contributed by atoms with Crippen LogP contribution in [0.4, 0.5) is 10.1 Å². The largest absolute Gasteiger partial charge is 0.393 e. The minimum atomic E-state index is -0.421. The van der Waals surface area contributed by atoms with Crippen LogP contribution in [0.25, 0.3) is 17.1 Å². The second kappa shape index (κ2) is 7.77. The van der Waals surface area contributed by atoms with Crippen LogP contribution in [0.15, 0.2) is 59.0 Å². The third-order valence-corrected chi connectivity index (χ3v) is 4.97. The molecule has 2 aromatic heterocycles. The number of rotatable bonds is 5. The predicted octanol–water partition coefficient (Wildman–Crippen LogP) is 3.47. The summed E-state index contributed by atoms with van der Waals surface area (Å²) >= 11 is 0. The fraction of sp³-hybridized carbons (Fsp3) is 0.250. The highest BCUT2D eigenvalue weighted by Crippen LogP contribution is 2.37. The van der Waals surface area contributed by atoms with Crippen LogP contribution in [-0.4, -0.2) is 15.1 Å². The summed E-state index contributed by atoms with van der Waals surface area (Å²) in [5, 5.41) is 5.31. The van der Waals surface area contributed by atoms with Gasteiger partial charge in [0.2, 0.25) is 5.82 Å². The van der Waals surface area contributed by atoms with Crippen molar-refractivity contribution in [1.29, 1.82) is 0 Å². The van der Waals surface area contributed by atoms with Gasteiger partial charge in [0.25, 0.3) is 5.89 Å². The third kappa shape index (κ3) is 3.46. The summed E-state index contributed by atoms with van der Waals surface area (Å²) in [6.45, 7) is 0. The minimum Gasteiger partial charge on any atom is -0.393 e. The van der Waals surface area contributed by atoms with Crippen LogP contribution in [0.3, 0.4) is 0 Å². The Morgan fingerprint density at radius 2 is 1.93 bits per heavy atom. The first kappa shape index (κ1) is 18.1. The van der Waals surface area contributed by atoms with Gasteiger partial charge in [-0.2, -0.15) is 4.98 Å². The molecule has 0 radical (unpaired) electrons. The molecule has 7 nitrogen and oxygen atoms in total. The molecule has 0 atom stereocenters. The number of halogens is 1. The molecule has 1 fully saturated rings. The molecule has 1 aliphatic rings. The van der Waals surface area contributed by atoms with Crippen LogP contribution >= 0.6 is 0 Å². The molecule has 0 saturated heterocycles. The highest BCUT2D eigenvalue weighted by Gasteiger charge is 2.29. The quantitative estimate of drug-likeness (QED) is 0.515. The van der Waals surface area contributed by atoms with Crippen molar-refractivity contribution in [2.24, 2.45) is 17.5 Å². The van der Waals surface area contributed by atoms with Gasteiger partial charge in [-0.15, -0.1) is 0 Å². The Bertz CT molecular complexity index is 981. The van der Waals surface area contributed by atoms with Crippen LogP contribution in [0, 0.1) is 11.7 Å². The number of hydrogen-bond donors (Lipinski definition) is 2. The van der Waals surface area contributed by atoms with Gasteiger partial charge in [0.05, 0.1) is 11.4 Å². The summed E-state index contributed by atoms with van der Waals surface area (Å²) < 4.78 is 19.7. The molecule has 28 heavy (non-hydrogen) atoms. The van der Waals surface area contributed by atoms with E-state index in [2.05, 4.69) is 15.1 Å². The molecule has 2 heterocycles. The Hall–Kier alpha value is -3.26. The average Bonchev–Trinajstić information content (AvgIpc) is 3.41. The number of para-hydroxylation sites is 1. The normalized spacial score (nSPS) is 15.5. The van der Waals surface area contributed by atoms with Crippen LogP contribution in [0.5, 0.6) is 0 Å². The molecule has 0 spiro atoms. The molecule has 8 heteroatoms. The first-order chi connectivity index (χ1) is 13.6. The standard InChI is InChI=1S/C20H21FN6O/c21-15-9-3-4-10-16(15)27(23)18(13-6-1-2-7-13)17(22)20-25-19(26-28-20)14-8-5-11-24-12-14/h3-5,8-13H,1-2,6-7,22-23H2/b18-17-. The van der Waals surface area contributed by atoms with Crippen LogP contribution in [0.2, 0.25) is 0 Å². The fourth-order valence-corrected chi connectivity index (χ4v) is 3.58. The molecule has 1 aromatic carbocycles. The third-order valence-electron chi connectivity index (χ3n) is 4.97. The van der Waals surface area contributed by atoms with Gasteiger partial charge in [-0.05, 0) is 37.1 Å². The molecule has 1 saturated carbocycles. The zero-order valence-corrected chi connectivity index (χ0v) is 15.3. The second-order valence-electron chi connectivity index (χ2n) is 6.77. The van der Waals surface area contributed by atoms with E-state index in [0.717, 1.165) is 25.7 Å². The number of anilines is 1. The zero-order valence-electron chi connectivity index (χ0n) is 15.3. The molecule has 144 valence electrons. The lowest BCUT2D eigenvalue weighted by Gasteiger charge is -2.27. The summed E-state index contributed by atoms with van der Waals surface area (Å²) in [5.41, 5.74) is 8.25. The van der Waals surface area contributed by atoms with E-state index in [4.69, 9.17) is 16.1 Å². The highest BCUT2D eigenvalue weighted by molar-refractivity contribution is 5.68. The lowest BCUT2D eigenvalue weighted by molar-refractivity contribution is 0.406. The average molecular weight is 380 g/mol. The maximum absolute atomic E-state index is 14.3. The van der Waals surface area contributed by atoms with Gasteiger partial charge >= 0.3 is 0 Å². The summed E-state index contributed by atoms with van der Waals surface area (Å²) in [5.74, 6) is 6.55. The molecule has 0 aliphatic heterocycles. The lowest BCUT2D eigenvalue weighted by Crippen LogP contribution is -2.36. The number of hydrazine groups is 1. The summed E-state index contributed by atoms with van der Waals surface area (Å²) in [6, 6.07) is 9.95. The van der Waals surface area contributed by atoms with Crippen molar-refractivity contribution in [2.45, 2.75) is 25.7 Å². The van der Waals surface area contributed by atoms with E-state index in [-0.39, 0.29) is 23.2 Å². The number of allylic oxidation sites excluding steroid dienone is 1. The van der Waals surface area contributed by atoms with E-state index in [9.17, 15) is 4.39 Å². The molecule has 0 unspecified atom stereocenters. The second-order valence-corrected chi connectivity index (χ2v) is 6.77. The Kier molecular flexibility index (Phi) is 5.03. The monoisotopic (exact) mass is 380 g/mol. The molecule has 1 aliphatic carbocycles. The van der Waals surface area contributed by atoms with Gasteiger partial charge in [0, 0.05) is 23.9 Å². The Morgan fingerprint density at radius 3 is 2.64 bits per heavy atom. The van der Waals surface area contributed by atoms with Gasteiger partial charge in [-0.1, -0.05) is 30.1 Å². The number of pyridine rings is 1. The van der Waals surface area contributed by atoms with Crippen LogP contribution in [-0.2, 0) is 0 Å². The van der Waals surface area contributed by atoms with Crippen molar-refractivity contribution in [3.05, 3.63) is 66.2 Å². The molecular weight excluding hydrogens is 359 g/mol. The predicted molar refractivity (Wildman–Crippen MR) is 104 cm³/mol. The first-order valence-electron chi connectivity index (χ1n) is 9.18. The van der Waals surface area contributed by atoms with Gasteiger partial charge < -0.3 is 10.3 Å². The smallest absolute Gasteiger partial charge is 0.275 e.